The van der Waals surface area contributed by atoms with Crippen LogP contribution in [0.2, 0.25) is 0 Å². The number of hydrogen-bond acceptors (Lipinski definition) is 1. The Kier molecular flexibility index (Phi) is 13.9. The van der Waals surface area contributed by atoms with Crippen molar-refractivity contribution in [2.45, 2.75) is 71.6 Å². The van der Waals surface area contributed by atoms with Gasteiger partial charge in [-0.3, -0.25) is 0 Å². The molecule has 3 aromatic heterocycles. The maximum absolute atomic E-state index is 15.3. The molecule has 0 atom stereocenters. The molecule has 0 amide bonds. The Balaban J connectivity index is 0.000000110. The van der Waals surface area contributed by atoms with E-state index >= 15 is 5.72 Å². The number of aromatic nitrogens is 3. The summed E-state index contributed by atoms with van der Waals surface area (Å²) in [6, 6.07) is 84.7. The van der Waals surface area contributed by atoms with Crippen LogP contribution in [0.5, 0.6) is 0 Å². The van der Waals surface area contributed by atoms with Gasteiger partial charge in [-0.05, 0) is 93.8 Å². The molecule has 12 aromatic carbocycles. The van der Waals surface area contributed by atoms with Gasteiger partial charge in [0.15, 0.2) is 0 Å². The zero-order chi connectivity index (χ0) is 65.4. The van der Waals surface area contributed by atoms with Crippen LogP contribution in [0.4, 0.5) is 11.4 Å². The molecule has 9 heterocycles. The summed E-state index contributed by atoms with van der Waals surface area (Å²) in [5.41, 5.74) is 33.3. The fraction of sp³-hybridized carbons (Fsp3) is 0.133. The molecule has 15 aromatic rings. The molecular formula is C83H63B3F6I2N4-2. The zero-order valence-electron chi connectivity index (χ0n) is 55.1. The second kappa shape index (κ2) is 21.8. The van der Waals surface area contributed by atoms with E-state index in [1.54, 1.807) is 6.07 Å². The van der Waals surface area contributed by atoms with E-state index in [4.69, 9.17) is 0 Å². The second-order valence-corrected chi connectivity index (χ2v) is 36.1. The summed E-state index contributed by atoms with van der Waals surface area (Å²) < 4.78 is 66.7. The summed E-state index contributed by atoms with van der Waals surface area (Å²) in [4.78, 5) is 0. The molecule has 0 saturated heterocycles. The Morgan fingerprint density at radius 3 is 1.18 bits per heavy atom. The van der Waals surface area contributed by atoms with Crippen LogP contribution in [0.15, 0.2) is 238 Å². The van der Waals surface area contributed by atoms with Crippen molar-refractivity contribution in [3.63, 3.8) is 0 Å². The summed E-state index contributed by atoms with van der Waals surface area (Å²) >= 11 is -11.2. The van der Waals surface area contributed by atoms with Crippen molar-refractivity contribution in [1.29, 1.82) is 0 Å². The third-order valence-corrected chi connectivity index (χ3v) is 30.7. The average molecular weight is 1520 g/mol. The number of fused-ring (bicyclic) bond motifs is 24. The van der Waals surface area contributed by atoms with Crippen LogP contribution in [0.1, 0.15) is 86.1 Å². The molecule has 0 fully saturated rings. The van der Waals surface area contributed by atoms with Crippen molar-refractivity contribution in [3.8, 4) is 17.1 Å². The van der Waals surface area contributed by atoms with Gasteiger partial charge in [0.2, 0.25) is 13.4 Å². The van der Waals surface area contributed by atoms with E-state index < -0.39 is 40.6 Å². The molecule has 0 bridgehead atoms. The van der Waals surface area contributed by atoms with Gasteiger partial charge in [0.25, 0.3) is 0 Å². The third kappa shape index (κ3) is 8.28. The van der Waals surface area contributed by atoms with Gasteiger partial charge >= 0.3 is 221 Å². The summed E-state index contributed by atoms with van der Waals surface area (Å²) in [5.74, 6) is 0. The number of para-hydroxylation sites is 3. The van der Waals surface area contributed by atoms with E-state index in [0.29, 0.717) is 29.7 Å². The normalized spacial score (nSPS) is 15.3. The molecule has 4 nitrogen and oxygen atoms in total. The van der Waals surface area contributed by atoms with Gasteiger partial charge in [0, 0.05) is 54.8 Å². The van der Waals surface area contributed by atoms with Crippen LogP contribution < -0.4 is 58.6 Å². The third-order valence-electron chi connectivity index (χ3n) is 22.8. The minimum absolute atomic E-state index is 0. The molecule has 0 radical (unpaired) electrons. The number of rotatable bonds is 2. The standard InChI is InChI=1S/2C28H22BN.C27H19BF4I2N2.2FH/c1-17-12-15-24-19(16-17)18-13-14-21-26-27(18)30(24)25-11-7-6-10-23(25)29(26)22-9-5-4-8-20(22)28(21,2)3;1-17-12-13-18-19-14-15-21-26-27(19)30(25(18)16-17)24-11-7-6-10-23(24)29(26)22-9-5-4-8-20(22)28(21,2)3;1-27(2)17-8-3-4-9-19(17)28-20-10-5-6-12-22(20)36-23-13-7-11-21(34(31,32)35-33(29)30)24(23)16-14-15-18(27)25(28)26(16)36;;/h2*4-16H,1-3H3;3-15H,1-2H3;2*1H/p-2. The van der Waals surface area contributed by atoms with Crippen molar-refractivity contribution in [3.05, 3.63) is 285 Å². The molecule has 0 N–H and O–H groups in total. The Bertz CT molecular complexity index is 5980. The Hall–Kier alpha value is -8.93. The van der Waals surface area contributed by atoms with Crippen molar-refractivity contribution in [1.82, 2.24) is 13.7 Å². The number of nitrogens with zero attached hydrogens (tertiary/aromatic N) is 4. The SMILES string of the molecule is CC1(C)c2ccccc2B2c3ccccc3-n3c4cccc(I(F)(F)=NI(F)F)c4c4ccc1c2c43.Cc1ccc2c(c1)c1ccc3c4c1n2-c1ccccc1B4c1ccccc1C3(C)C.Cc1ccc2c3ccc4c5c3n(c2c1)-c1ccccc1B5c1ccccc1C4(C)C.[F-].[F-]. The quantitative estimate of drug-likeness (QED) is 0.0937. The van der Waals surface area contributed by atoms with Crippen molar-refractivity contribution in [2.75, 3.05) is 0 Å². The second-order valence-electron chi connectivity index (χ2n) is 28.7. The maximum Gasteiger partial charge on any atom is 0.247 e. The first-order valence-electron chi connectivity index (χ1n) is 33.1. The smallest absolute Gasteiger partial charge is 0.247 e. The fourth-order valence-electron chi connectivity index (χ4n) is 18.8. The molecule has 482 valence electrons. The molecule has 0 unspecified atom stereocenters. The van der Waals surface area contributed by atoms with Gasteiger partial charge in [-0.2, -0.15) is 0 Å². The molecular weight excluding hydrogens is 1450 g/mol. The Morgan fingerprint density at radius 1 is 0.347 bits per heavy atom. The first-order valence-corrected chi connectivity index (χ1v) is 39.4. The van der Waals surface area contributed by atoms with E-state index in [0.717, 1.165) is 27.7 Å². The molecule has 0 spiro atoms. The molecule has 21 rings (SSSR count). The molecule has 15 heteroatoms. The van der Waals surface area contributed by atoms with E-state index in [1.165, 1.54) is 138 Å². The zero-order valence-corrected chi connectivity index (χ0v) is 59.4. The van der Waals surface area contributed by atoms with Gasteiger partial charge in [-0.15, -0.1) is 0 Å². The molecule has 6 aliphatic heterocycles. The largest absolute Gasteiger partial charge is 1.00 e. The van der Waals surface area contributed by atoms with Gasteiger partial charge in [-0.1, -0.05) is 172 Å². The van der Waals surface area contributed by atoms with Crippen molar-refractivity contribution in [2.24, 2.45) is 1.36 Å². The van der Waals surface area contributed by atoms with Gasteiger partial charge in [0.1, 0.15) is 0 Å². The number of benzene rings is 12. The molecule has 0 aliphatic carbocycles. The summed E-state index contributed by atoms with van der Waals surface area (Å²) in [5, 5.41) is 6.52. The summed E-state index contributed by atoms with van der Waals surface area (Å²) in [6.07, 6.45) is 0. The van der Waals surface area contributed by atoms with E-state index in [2.05, 4.69) is 265 Å². The average Bonchev–Trinajstić information content (AvgIpc) is 1.43. The van der Waals surface area contributed by atoms with Crippen LogP contribution in [-0.2, 0) is 16.2 Å². The van der Waals surface area contributed by atoms with Gasteiger partial charge < -0.3 is 18.5 Å². The predicted molar refractivity (Wildman–Crippen MR) is 415 cm³/mol. The number of halogens is 8. The molecule has 98 heavy (non-hydrogen) atoms. The predicted octanol–water partition coefficient (Wildman–Crippen LogP) is 10.7. The van der Waals surface area contributed by atoms with E-state index in [1.807, 2.05) is 30.3 Å². The van der Waals surface area contributed by atoms with Crippen LogP contribution >= 0.6 is 40.6 Å². The summed E-state index contributed by atoms with van der Waals surface area (Å²) in [6.45, 7) is 18.9. The monoisotopic (exact) mass is 1520 g/mol. The Labute approximate surface area is 580 Å². The summed E-state index contributed by atoms with van der Waals surface area (Å²) in [7, 11) is 0. The minimum atomic E-state index is -6.21. The Morgan fingerprint density at radius 2 is 0.714 bits per heavy atom. The van der Waals surface area contributed by atoms with Crippen molar-refractivity contribution >= 4 is 175 Å². The number of aryl methyl sites for hydroxylation is 2. The molecule has 6 aliphatic rings. The van der Waals surface area contributed by atoms with Gasteiger partial charge in [-0.25, -0.2) is 0 Å². The van der Waals surface area contributed by atoms with E-state index in [9.17, 15) is 5.72 Å². The van der Waals surface area contributed by atoms with Crippen LogP contribution in [0.3, 0.4) is 0 Å². The van der Waals surface area contributed by atoms with Crippen LogP contribution in [0, 0.1) is 17.4 Å². The van der Waals surface area contributed by atoms with E-state index in [-0.39, 0.29) is 35.9 Å². The van der Waals surface area contributed by atoms with Crippen LogP contribution in [-0.4, -0.2) is 33.8 Å². The fourth-order valence-corrected chi connectivity index (χ4v) is 24.8. The topological polar surface area (TPSA) is 27.1 Å². The first-order chi connectivity index (χ1) is 46.4. The first kappa shape index (κ1) is 62.6. The minimum Gasteiger partial charge on any atom is -1.00 e. The van der Waals surface area contributed by atoms with Gasteiger partial charge in [0.05, 0.1) is 11.0 Å². The molecule has 0 saturated carbocycles. The van der Waals surface area contributed by atoms with Crippen LogP contribution in [0.25, 0.3) is 82.5 Å². The number of hydrogen-bond donors (Lipinski definition) is 0. The van der Waals surface area contributed by atoms with Crippen molar-refractivity contribution < 1.29 is 20.8 Å². The maximum atomic E-state index is 15.3.